The number of ether oxygens (including phenoxy) is 2. The van der Waals surface area contributed by atoms with E-state index in [1.54, 1.807) is 20.3 Å². The van der Waals surface area contributed by atoms with Crippen molar-refractivity contribution in [2.45, 2.75) is 70.5 Å². The van der Waals surface area contributed by atoms with Crippen LogP contribution >= 0.6 is 0 Å². The van der Waals surface area contributed by atoms with E-state index in [0.29, 0.717) is 36.9 Å². The van der Waals surface area contributed by atoms with Crippen molar-refractivity contribution >= 4 is 28.7 Å². The van der Waals surface area contributed by atoms with Crippen LogP contribution in [0.25, 0.3) is 0 Å². The Bertz CT molecular complexity index is 1630. The molecule has 1 N–H and O–H groups in total. The molecular weight excluding hydrogens is 675 g/mol. The number of benzene rings is 4. The van der Waals surface area contributed by atoms with E-state index in [2.05, 4.69) is 69.0 Å². The second kappa shape index (κ2) is 19.2. The Kier molecular flexibility index (Phi) is 15.1. The van der Waals surface area contributed by atoms with Crippen molar-refractivity contribution in [2.24, 2.45) is 11.8 Å². The van der Waals surface area contributed by atoms with Gasteiger partial charge in [0.1, 0.15) is 11.5 Å². The Morgan fingerprint density at radius 3 is 1.65 bits per heavy atom. The highest BCUT2D eigenvalue weighted by Gasteiger charge is 2.41. The molecule has 0 saturated carbocycles. The topological polar surface area (TPSA) is 85.3 Å². The molecule has 0 spiro atoms. The summed E-state index contributed by atoms with van der Waals surface area (Å²) in [6, 6.07) is 36.6. The SMILES string of the molecule is C=CC[C@H](C)[C@@H](C[C@H](O)CCO[Si](CC(C)C)(c1ccccc1)c1ccccc1)S(=O)(=O)N(Cc1ccc(OC)cc1)Cc1ccc(OC)cc1. The summed E-state index contributed by atoms with van der Waals surface area (Å²) in [6.07, 6.45) is 1.76. The summed E-state index contributed by atoms with van der Waals surface area (Å²) >= 11 is 0. The lowest BCUT2D eigenvalue weighted by atomic mass is 9.98. The van der Waals surface area contributed by atoms with Gasteiger partial charge < -0.3 is 19.0 Å². The van der Waals surface area contributed by atoms with Gasteiger partial charge in [-0.15, -0.1) is 6.58 Å². The van der Waals surface area contributed by atoms with E-state index in [-0.39, 0.29) is 25.4 Å². The van der Waals surface area contributed by atoms with Crippen molar-refractivity contribution in [3.8, 4) is 11.5 Å². The van der Waals surface area contributed by atoms with Gasteiger partial charge in [0, 0.05) is 19.7 Å². The molecule has 3 atom stereocenters. The average Bonchev–Trinajstić information content (AvgIpc) is 3.14. The minimum Gasteiger partial charge on any atom is -0.497 e. The van der Waals surface area contributed by atoms with Crippen LogP contribution in [0.3, 0.4) is 0 Å². The number of hydrogen-bond acceptors (Lipinski definition) is 6. The van der Waals surface area contributed by atoms with Gasteiger partial charge in [-0.25, -0.2) is 8.42 Å². The quantitative estimate of drug-likeness (QED) is 0.0723. The van der Waals surface area contributed by atoms with Gasteiger partial charge in [-0.05, 0) is 82.9 Å². The minimum atomic E-state index is -3.93. The number of aliphatic hydroxyl groups excluding tert-OH is 1. The van der Waals surface area contributed by atoms with Gasteiger partial charge in [0.05, 0.1) is 25.6 Å². The molecule has 0 aliphatic heterocycles. The van der Waals surface area contributed by atoms with Crippen molar-refractivity contribution < 1.29 is 27.4 Å². The lowest BCUT2D eigenvalue weighted by Crippen LogP contribution is -2.61. The fourth-order valence-corrected chi connectivity index (χ4v) is 13.3. The second-order valence-corrected chi connectivity index (χ2v) is 19.4. The molecule has 4 aromatic carbocycles. The smallest absolute Gasteiger partial charge is 0.255 e. The molecule has 0 heterocycles. The molecule has 0 aliphatic carbocycles. The van der Waals surface area contributed by atoms with Crippen molar-refractivity contribution in [3.63, 3.8) is 0 Å². The minimum absolute atomic E-state index is 0.0812. The summed E-state index contributed by atoms with van der Waals surface area (Å²) in [5, 5.41) is 13.1. The zero-order chi connectivity index (χ0) is 36.9. The molecule has 7 nitrogen and oxygen atoms in total. The summed E-state index contributed by atoms with van der Waals surface area (Å²) in [5.74, 6) is 1.51. The second-order valence-electron chi connectivity index (χ2n) is 13.7. The largest absolute Gasteiger partial charge is 0.497 e. The predicted molar refractivity (Wildman–Crippen MR) is 211 cm³/mol. The molecule has 274 valence electrons. The first kappa shape index (κ1) is 40.0. The first-order chi connectivity index (χ1) is 24.5. The number of allylic oxidation sites excluding steroid dienone is 1. The first-order valence-electron chi connectivity index (χ1n) is 17.8. The third kappa shape index (κ3) is 10.9. The Morgan fingerprint density at radius 2 is 1.24 bits per heavy atom. The maximum Gasteiger partial charge on any atom is 0.255 e. The van der Waals surface area contributed by atoms with Crippen molar-refractivity contribution in [2.75, 3.05) is 20.8 Å². The van der Waals surface area contributed by atoms with Crippen molar-refractivity contribution in [1.29, 1.82) is 0 Å². The van der Waals surface area contributed by atoms with Gasteiger partial charge in [0.25, 0.3) is 8.32 Å². The highest BCUT2D eigenvalue weighted by molar-refractivity contribution is 7.89. The summed E-state index contributed by atoms with van der Waals surface area (Å²) in [4.78, 5) is 0. The number of nitrogens with zero attached hydrogens (tertiary/aromatic N) is 1. The fraction of sp³-hybridized carbons (Fsp3) is 0.381. The van der Waals surface area contributed by atoms with Crippen LogP contribution in [0.4, 0.5) is 0 Å². The highest BCUT2D eigenvalue weighted by Crippen LogP contribution is 2.29. The van der Waals surface area contributed by atoms with Gasteiger partial charge in [0.15, 0.2) is 0 Å². The fourth-order valence-electron chi connectivity index (χ4n) is 6.73. The summed E-state index contributed by atoms with van der Waals surface area (Å²) in [7, 11) is -3.40. The average molecular weight is 730 g/mol. The molecule has 0 aliphatic rings. The number of sulfonamides is 1. The summed E-state index contributed by atoms with van der Waals surface area (Å²) in [5.41, 5.74) is 1.68. The molecule has 0 amide bonds. The number of rotatable bonds is 21. The normalized spacial score (nSPS) is 13.9. The Balaban J connectivity index is 1.60. The lowest BCUT2D eigenvalue weighted by molar-refractivity contribution is 0.123. The van der Waals surface area contributed by atoms with Crippen molar-refractivity contribution in [3.05, 3.63) is 133 Å². The van der Waals surface area contributed by atoms with E-state index in [1.807, 2.05) is 67.6 Å². The zero-order valence-corrected chi connectivity index (χ0v) is 32.6. The Labute approximate surface area is 307 Å². The third-order valence-electron chi connectivity index (χ3n) is 9.43. The van der Waals surface area contributed by atoms with E-state index >= 15 is 0 Å². The van der Waals surface area contributed by atoms with Gasteiger partial charge in [-0.2, -0.15) is 4.31 Å². The monoisotopic (exact) mass is 729 g/mol. The van der Waals surface area contributed by atoms with Gasteiger partial charge >= 0.3 is 0 Å². The van der Waals surface area contributed by atoms with E-state index in [9.17, 15) is 13.5 Å². The first-order valence-corrected chi connectivity index (χ1v) is 21.4. The molecule has 0 unspecified atom stereocenters. The van der Waals surface area contributed by atoms with Crippen LogP contribution in [-0.2, 0) is 27.5 Å². The molecule has 0 saturated heterocycles. The van der Waals surface area contributed by atoms with Crippen LogP contribution in [-0.4, -0.2) is 58.3 Å². The van der Waals surface area contributed by atoms with Gasteiger partial charge in [-0.1, -0.05) is 112 Å². The molecule has 4 rings (SSSR count). The molecule has 0 radical (unpaired) electrons. The van der Waals surface area contributed by atoms with E-state index in [4.69, 9.17) is 13.9 Å². The maximum absolute atomic E-state index is 14.8. The van der Waals surface area contributed by atoms with E-state index in [1.165, 1.54) is 14.7 Å². The van der Waals surface area contributed by atoms with Crippen LogP contribution in [0.5, 0.6) is 11.5 Å². The summed E-state index contributed by atoms with van der Waals surface area (Å²) < 4.78 is 48.7. The lowest BCUT2D eigenvalue weighted by Gasteiger charge is -2.35. The molecule has 4 aromatic rings. The Morgan fingerprint density at radius 1 is 0.765 bits per heavy atom. The predicted octanol–water partition coefficient (Wildman–Crippen LogP) is 7.19. The highest BCUT2D eigenvalue weighted by atomic mass is 32.2. The van der Waals surface area contributed by atoms with Crippen LogP contribution in [0.1, 0.15) is 51.2 Å². The Hall–Kier alpha value is -3.73. The molecule has 0 bridgehead atoms. The van der Waals surface area contributed by atoms with E-state index in [0.717, 1.165) is 17.2 Å². The molecule has 0 aromatic heterocycles. The standard InChI is InChI=1S/C42H55NO6SSi/c1-7-14-34(4)42(50(45,46)43(30-35-19-23-38(47-5)24-20-35)31-36-21-25-39(48-6)26-22-36)29-37(44)27-28-49-51(32-33(2)3,40-15-10-8-11-16-40)41-17-12-9-13-18-41/h7-13,15-26,33-34,37,42,44H,1,14,27-32H2,2-6H3/t34-,37+,42+/m0/s1. The van der Waals surface area contributed by atoms with Crippen LogP contribution in [0, 0.1) is 11.8 Å². The number of hydrogen-bond donors (Lipinski definition) is 1. The van der Waals surface area contributed by atoms with Crippen LogP contribution in [0.2, 0.25) is 6.04 Å². The summed E-state index contributed by atoms with van der Waals surface area (Å²) in [6.45, 7) is 10.9. The number of methoxy groups -OCH3 is 2. The zero-order valence-electron chi connectivity index (χ0n) is 30.8. The maximum atomic E-state index is 14.8. The molecular formula is C42H55NO6SSi. The van der Waals surface area contributed by atoms with Gasteiger partial charge in [-0.3, -0.25) is 0 Å². The molecule has 0 fully saturated rings. The van der Waals surface area contributed by atoms with Gasteiger partial charge in [0.2, 0.25) is 10.0 Å². The van der Waals surface area contributed by atoms with E-state index < -0.39 is 29.7 Å². The van der Waals surface area contributed by atoms with Crippen molar-refractivity contribution in [1.82, 2.24) is 4.31 Å². The number of aliphatic hydroxyl groups is 1. The third-order valence-corrected chi connectivity index (χ3v) is 16.5. The molecule has 9 heteroatoms. The molecule has 51 heavy (non-hydrogen) atoms. The van der Waals surface area contributed by atoms with Crippen LogP contribution < -0.4 is 19.8 Å². The van der Waals surface area contributed by atoms with Crippen LogP contribution in [0.15, 0.2) is 122 Å².